The van der Waals surface area contributed by atoms with Gasteiger partial charge < -0.3 is 5.11 Å². The summed E-state index contributed by atoms with van der Waals surface area (Å²) in [6.07, 6.45) is 14.3. The molecule has 0 aromatic carbocycles. The van der Waals surface area contributed by atoms with Crippen molar-refractivity contribution in [3.63, 3.8) is 0 Å². The van der Waals surface area contributed by atoms with Crippen molar-refractivity contribution < 1.29 is 5.11 Å². The van der Waals surface area contributed by atoms with Crippen molar-refractivity contribution in [2.45, 2.75) is 69.8 Å². The van der Waals surface area contributed by atoms with E-state index < -0.39 is 5.60 Å². The van der Waals surface area contributed by atoms with Crippen molar-refractivity contribution in [2.24, 2.45) is 0 Å². The summed E-state index contributed by atoms with van der Waals surface area (Å²) in [6, 6.07) is 0. The van der Waals surface area contributed by atoms with E-state index in [-0.39, 0.29) is 0 Å². The Morgan fingerprint density at radius 3 is 2.21 bits per heavy atom. The number of hydrogen-bond donors (Lipinski definition) is 1. The van der Waals surface area contributed by atoms with E-state index in [1.165, 1.54) is 50.5 Å². The Labute approximate surface area is 87.2 Å². The lowest BCUT2D eigenvalue weighted by Crippen LogP contribution is -2.31. The molecule has 1 heteroatoms. The molecule has 0 aromatic heterocycles. The highest BCUT2D eigenvalue weighted by atomic mass is 16.3. The first-order valence-corrected chi connectivity index (χ1v) is 6.23. The molecule has 1 N–H and O–H groups in total. The van der Waals surface area contributed by atoms with Crippen LogP contribution in [0.1, 0.15) is 64.2 Å². The summed E-state index contributed by atoms with van der Waals surface area (Å²) >= 11 is 0. The zero-order chi connectivity index (χ0) is 9.86. The van der Waals surface area contributed by atoms with E-state index in [0.717, 1.165) is 19.3 Å². The number of aliphatic hydroxyl groups is 1. The molecule has 0 heterocycles. The van der Waals surface area contributed by atoms with Crippen molar-refractivity contribution >= 4 is 0 Å². The van der Waals surface area contributed by atoms with Crippen molar-refractivity contribution in [3.8, 4) is 0 Å². The average Bonchev–Trinajstić information content (AvgIpc) is 2.46. The summed E-state index contributed by atoms with van der Waals surface area (Å²) in [5, 5.41) is 10.6. The van der Waals surface area contributed by atoms with Gasteiger partial charge in [-0.25, -0.2) is 0 Å². The minimum Gasteiger partial charge on any atom is -0.386 e. The highest BCUT2D eigenvalue weighted by Crippen LogP contribution is 2.37. The van der Waals surface area contributed by atoms with Gasteiger partial charge in [-0.15, -0.1) is 0 Å². The Morgan fingerprint density at radius 1 is 0.929 bits per heavy atom. The Kier molecular flexibility index (Phi) is 3.27. The molecule has 0 aliphatic heterocycles. The first kappa shape index (κ1) is 10.2. The maximum atomic E-state index is 10.6. The molecule has 0 amide bonds. The van der Waals surface area contributed by atoms with Crippen molar-refractivity contribution in [1.29, 1.82) is 0 Å². The van der Waals surface area contributed by atoms with Crippen LogP contribution < -0.4 is 0 Å². The maximum Gasteiger partial charge on any atom is 0.0856 e. The van der Waals surface area contributed by atoms with E-state index in [9.17, 15) is 5.11 Å². The zero-order valence-corrected chi connectivity index (χ0v) is 9.10. The lowest BCUT2D eigenvalue weighted by Gasteiger charge is -2.31. The van der Waals surface area contributed by atoms with Crippen LogP contribution in [-0.4, -0.2) is 10.7 Å². The van der Waals surface area contributed by atoms with E-state index in [1.807, 2.05) is 0 Å². The lowest BCUT2D eigenvalue weighted by atomic mass is 9.81. The fourth-order valence-corrected chi connectivity index (χ4v) is 2.90. The van der Waals surface area contributed by atoms with E-state index in [1.54, 1.807) is 0 Å². The molecule has 1 nitrogen and oxygen atoms in total. The highest BCUT2D eigenvalue weighted by molar-refractivity contribution is 5.18. The van der Waals surface area contributed by atoms with Crippen LogP contribution in [0.2, 0.25) is 0 Å². The monoisotopic (exact) mass is 194 g/mol. The van der Waals surface area contributed by atoms with Crippen molar-refractivity contribution in [3.05, 3.63) is 11.6 Å². The smallest absolute Gasteiger partial charge is 0.0856 e. The van der Waals surface area contributed by atoms with Gasteiger partial charge in [0.1, 0.15) is 0 Å². The number of rotatable bonds is 1. The quantitative estimate of drug-likeness (QED) is 0.500. The summed E-state index contributed by atoms with van der Waals surface area (Å²) in [7, 11) is 0. The molecular formula is C13H22O. The first-order chi connectivity index (χ1) is 6.81. The topological polar surface area (TPSA) is 20.2 Å². The van der Waals surface area contributed by atoms with Crippen molar-refractivity contribution in [1.82, 2.24) is 0 Å². The van der Waals surface area contributed by atoms with E-state index >= 15 is 0 Å². The SMILES string of the molecule is OC1(C2=CCCCC2)CCCCCC1. The second-order valence-corrected chi connectivity index (χ2v) is 4.92. The summed E-state index contributed by atoms with van der Waals surface area (Å²) in [5.41, 5.74) is 0.961. The van der Waals surface area contributed by atoms with Gasteiger partial charge in [0.05, 0.1) is 5.60 Å². The summed E-state index contributed by atoms with van der Waals surface area (Å²) in [4.78, 5) is 0. The summed E-state index contributed by atoms with van der Waals surface area (Å²) < 4.78 is 0. The first-order valence-electron chi connectivity index (χ1n) is 6.23. The van der Waals surface area contributed by atoms with Crippen LogP contribution in [0.5, 0.6) is 0 Å². The molecule has 0 unspecified atom stereocenters. The normalized spacial score (nSPS) is 27.9. The molecule has 0 bridgehead atoms. The van der Waals surface area contributed by atoms with Gasteiger partial charge in [0.25, 0.3) is 0 Å². The van der Waals surface area contributed by atoms with Crippen LogP contribution in [0.4, 0.5) is 0 Å². The fourth-order valence-electron chi connectivity index (χ4n) is 2.90. The molecule has 0 spiro atoms. The van der Waals surface area contributed by atoms with Crippen LogP contribution >= 0.6 is 0 Å². The molecular weight excluding hydrogens is 172 g/mol. The Morgan fingerprint density at radius 2 is 1.64 bits per heavy atom. The van der Waals surface area contributed by atoms with Gasteiger partial charge in [-0.3, -0.25) is 0 Å². The molecule has 0 radical (unpaired) electrons. The van der Waals surface area contributed by atoms with Crippen molar-refractivity contribution in [2.75, 3.05) is 0 Å². The van der Waals surface area contributed by atoms with Gasteiger partial charge in [-0.05, 0) is 44.1 Å². The highest BCUT2D eigenvalue weighted by Gasteiger charge is 2.32. The average molecular weight is 194 g/mol. The molecule has 2 rings (SSSR count). The minimum atomic E-state index is -0.406. The maximum absolute atomic E-state index is 10.6. The lowest BCUT2D eigenvalue weighted by molar-refractivity contribution is 0.0571. The molecule has 0 aromatic rings. The van der Waals surface area contributed by atoms with Crippen LogP contribution in [0, 0.1) is 0 Å². The second-order valence-electron chi connectivity index (χ2n) is 4.92. The van der Waals surface area contributed by atoms with E-state index in [2.05, 4.69) is 6.08 Å². The zero-order valence-electron chi connectivity index (χ0n) is 9.10. The number of hydrogen-bond acceptors (Lipinski definition) is 1. The molecule has 14 heavy (non-hydrogen) atoms. The minimum absolute atomic E-state index is 0.406. The van der Waals surface area contributed by atoms with Crippen LogP contribution in [0.15, 0.2) is 11.6 Å². The summed E-state index contributed by atoms with van der Waals surface area (Å²) in [6.45, 7) is 0. The predicted octanol–water partition coefficient (Wildman–Crippen LogP) is 3.57. The standard InChI is InChI=1S/C13H22O/c14-13(10-6-1-2-7-11-13)12-8-4-3-5-9-12/h8,14H,1-7,9-11H2. The molecule has 1 fully saturated rings. The third-order valence-electron chi connectivity index (χ3n) is 3.82. The molecule has 2 aliphatic rings. The van der Waals surface area contributed by atoms with Gasteiger partial charge in [0.15, 0.2) is 0 Å². The van der Waals surface area contributed by atoms with Gasteiger partial charge in [-0.2, -0.15) is 0 Å². The van der Waals surface area contributed by atoms with Gasteiger partial charge in [0.2, 0.25) is 0 Å². The second kappa shape index (κ2) is 4.48. The van der Waals surface area contributed by atoms with Crippen LogP contribution in [-0.2, 0) is 0 Å². The molecule has 0 saturated heterocycles. The number of allylic oxidation sites excluding steroid dienone is 1. The Balaban J connectivity index is 2.07. The third kappa shape index (κ3) is 2.20. The Bertz CT molecular complexity index is 209. The van der Waals surface area contributed by atoms with Crippen LogP contribution in [0.3, 0.4) is 0 Å². The van der Waals surface area contributed by atoms with Gasteiger partial charge in [0, 0.05) is 0 Å². The predicted molar refractivity (Wildman–Crippen MR) is 59.2 cm³/mol. The van der Waals surface area contributed by atoms with Gasteiger partial charge >= 0.3 is 0 Å². The van der Waals surface area contributed by atoms with Crippen LogP contribution in [0.25, 0.3) is 0 Å². The third-order valence-corrected chi connectivity index (χ3v) is 3.82. The molecule has 0 atom stereocenters. The summed E-state index contributed by atoms with van der Waals surface area (Å²) in [5.74, 6) is 0. The van der Waals surface area contributed by atoms with Gasteiger partial charge in [-0.1, -0.05) is 31.8 Å². The molecule has 2 aliphatic carbocycles. The van der Waals surface area contributed by atoms with E-state index in [4.69, 9.17) is 0 Å². The Hall–Kier alpha value is -0.300. The van der Waals surface area contributed by atoms with E-state index in [0.29, 0.717) is 0 Å². The largest absolute Gasteiger partial charge is 0.386 e. The molecule has 80 valence electrons. The fraction of sp³-hybridized carbons (Fsp3) is 0.846. The molecule has 1 saturated carbocycles.